The van der Waals surface area contributed by atoms with Gasteiger partial charge in [0.05, 0.1) is 11.0 Å². The first-order valence-corrected chi connectivity index (χ1v) is 9.97. The van der Waals surface area contributed by atoms with Crippen molar-refractivity contribution in [2.45, 2.75) is 33.3 Å². The molecule has 0 aliphatic heterocycles. The fourth-order valence-electron chi connectivity index (χ4n) is 0.513. The Labute approximate surface area is 103 Å². The summed E-state index contributed by atoms with van der Waals surface area (Å²) in [4.78, 5) is 10.7. The average Bonchev–Trinajstić information content (AvgIpc) is 2.07. The summed E-state index contributed by atoms with van der Waals surface area (Å²) in [6, 6.07) is 0. The summed E-state index contributed by atoms with van der Waals surface area (Å²) in [5.74, 6) is -0.843. The minimum Gasteiger partial charge on any atom is -0.481 e. The number of hydrogen-bond donors (Lipinski definition) is 1. The van der Waals surface area contributed by atoms with Gasteiger partial charge >= 0.3 is 5.97 Å². The summed E-state index contributed by atoms with van der Waals surface area (Å²) in [6.45, 7) is 6.83. The standard InChI is InChI=1S/C8H16O3.I2/c1-7(2,6(9)10)8(3,4)11-5;1-2/h1-5H3,(H,9,10);. The summed E-state index contributed by atoms with van der Waals surface area (Å²) in [5.41, 5.74) is -1.50. The average molecular weight is 414 g/mol. The van der Waals surface area contributed by atoms with Crippen LogP contribution in [0.15, 0.2) is 0 Å². The van der Waals surface area contributed by atoms with Crippen molar-refractivity contribution in [3.63, 3.8) is 0 Å². The van der Waals surface area contributed by atoms with Crippen LogP contribution >= 0.6 is 37.2 Å². The molecule has 0 saturated heterocycles. The van der Waals surface area contributed by atoms with Gasteiger partial charge in [0.1, 0.15) is 0 Å². The fourth-order valence-corrected chi connectivity index (χ4v) is 0.513. The molecule has 80 valence electrons. The smallest absolute Gasteiger partial charge is 0.311 e. The molecule has 0 saturated carbocycles. The van der Waals surface area contributed by atoms with E-state index in [0.717, 1.165) is 0 Å². The largest absolute Gasteiger partial charge is 0.481 e. The molecule has 13 heavy (non-hydrogen) atoms. The number of ether oxygens (including phenoxy) is 1. The van der Waals surface area contributed by atoms with Crippen molar-refractivity contribution >= 4 is 43.2 Å². The van der Waals surface area contributed by atoms with Crippen molar-refractivity contribution in [3.05, 3.63) is 0 Å². The minimum atomic E-state index is -0.859. The van der Waals surface area contributed by atoms with Gasteiger partial charge in [-0.05, 0) is 27.7 Å². The van der Waals surface area contributed by atoms with Crippen LogP contribution in [0.5, 0.6) is 0 Å². The van der Waals surface area contributed by atoms with Crippen LogP contribution in [-0.2, 0) is 9.53 Å². The van der Waals surface area contributed by atoms with Gasteiger partial charge in [-0.1, -0.05) is 0 Å². The predicted octanol–water partition coefficient (Wildman–Crippen LogP) is 3.29. The Morgan fingerprint density at radius 3 is 1.62 bits per heavy atom. The molecule has 3 nitrogen and oxygen atoms in total. The zero-order valence-corrected chi connectivity index (χ0v) is 12.8. The molecule has 1 N–H and O–H groups in total. The van der Waals surface area contributed by atoms with Gasteiger partial charge in [0, 0.05) is 44.3 Å². The lowest BCUT2D eigenvalue weighted by Gasteiger charge is -2.36. The fraction of sp³-hybridized carbons (Fsp3) is 0.875. The maximum atomic E-state index is 10.7. The van der Waals surface area contributed by atoms with E-state index in [1.54, 1.807) is 27.7 Å². The van der Waals surface area contributed by atoms with E-state index in [9.17, 15) is 4.79 Å². The normalized spacial score (nSPS) is 11.6. The number of methoxy groups -OCH3 is 1. The van der Waals surface area contributed by atoms with E-state index in [-0.39, 0.29) is 0 Å². The Balaban J connectivity index is 0. The van der Waals surface area contributed by atoms with E-state index in [4.69, 9.17) is 9.84 Å². The maximum Gasteiger partial charge on any atom is 0.311 e. The third-order valence-electron chi connectivity index (χ3n) is 2.55. The highest BCUT2D eigenvalue weighted by Gasteiger charge is 2.43. The van der Waals surface area contributed by atoms with E-state index in [0.29, 0.717) is 0 Å². The molecule has 0 bridgehead atoms. The number of carboxylic acids is 1. The number of carbonyl (C=O) groups is 1. The van der Waals surface area contributed by atoms with Gasteiger partial charge in [0.15, 0.2) is 0 Å². The monoisotopic (exact) mass is 414 g/mol. The minimum absolute atomic E-state index is 0.640. The summed E-state index contributed by atoms with van der Waals surface area (Å²) >= 11 is 4.24. The van der Waals surface area contributed by atoms with Crippen molar-refractivity contribution in [1.82, 2.24) is 0 Å². The Bertz CT molecular complexity index is 167. The van der Waals surface area contributed by atoms with Crippen LogP contribution in [0, 0.1) is 5.41 Å². The van der Waals surface area contributed by atoms with Crippen LogP contribution in [0.1, 0.15) is 27.7 Å². The van der Waals surface area contributed by atoms with Gasteiger partial charge in [-0.15, -0.1) is 0 Å². The number of hydrogen-bond acceptors (Lipinski definition) is 2. The van der Waals surface area contributed by atoms with E-state index >= 15 is 0 Å². The van der Waals surface area contributed by atoms with E-state index in [1.807, 2.05) is 0 Å². The molecular formula is C8H16I2O3. The van der Waals surface area contributed by atoms with Crippen LogP contribution in [0.2, 0.25) is 0 Å². The van der Waals surface area contributed by atoms with Crippen molar-refractivity contribution in [1.29, 1.82) is 0 Å². The van der Waals surface area contributed by atoms with Crippen molar-refractivity contribution in [2.24, 2.45) is 5.41 Å². The lowest BCUT2D eigenvalue weighted by atomic mass is 9.77. The Morgan fingerprint density at radius 1 is 1.23 bits per heavy atom. The van der Waals surface area contributed by atoms with Crippen molar-refractivity contribution in [2.75, 3.05) is 7.11 Å². The molecule has 0 atom stereocenters. The second kappa shape index (κ2) is 6.39. The van der Waals surface area contributed by atoms with Crippen LogP contribution < -0.4 is 0 Å². The molecule has 0 aliphatic carbocycles. The molecule has 0 aliphatic rings. The van der Waals surface area contributed by atoms with Gasteiger partial charge in [-0.3, -0.25) is 4.79 Å². The van der Waals surface area contributed by atoms with Crippen LogP contribution in [0.4, 0.5) is 0 Å². The lowest BCUT2D eigenvalue weighted by molar-refractivity contribution is -0.164. The highest BCUT2D eigenvalue weighted by atomic mass is 128. The topological polar surface area (TPSA) is 46.5 Å². The first-order valence-electron chi connectivity index (χ1n) is 3.68. The number of carboxylic acid groups (broad SMARTS) is 1. The highest BCUT2D eigenvalue weighted by molar-refractivity contribution is 15.0. The number of rotatable bonds is 3. The van der Waals surface area contributed by atoms with Gasteiger partial charge in [0.25, 0.3) is 0 Å². The maximum absolute atomic E-state index is 10.7. The van der Waals surface area contributed by atoms with E-state index in [2.05, 4.69) is 37.2 Å². The Kier molecular flexibility index (Phi) is 8.02. The number of halogens is 2. The molecule has 0 spiro atoms. The van der Waals surface area contributed by atoms with Crippen LogP contribution in [-0.4, -0.2) is 23.8 Å². The second-order valence-electron chi connectivity index (χ2n) is 3.64. The van der Waals surface area contributed by atoms with Gasteiger partial charge in [-0.2, -0.15) is 0 Å². The van der Waals surface area contributed by atoms with Crippen molar-refractivity contribution < 1.29 is 14.6 Å². The third kappa shape index (κ3) is 4.28. The zero-order chi connectivity index (χ0) is 11.3. The lowest BCUT2D eigenvalue weighted by Crippen LogP contribution is -2.46. The van der Waals surface area contributed by atoms with Gasteiger partial charge < -0.3 is 9.84 Å². The summed E-state index contributed by atoms with van der Waals surface area (Å²) in [6.07, 6.45) is 0. The molecule has 0 fully saturated rings. The van der Waals surface area contributed by atoms with Crippen LogP contribution in [0.25, 0.3) is 0 Å². The molecule has 5 heteroatoms. The highest BCUT2D eigenvalue weighted by Crippen LogP contribution is 2.33. The molecule has 0 unspecified atom stereocenters. The second-order valence-corrected chi connectivity index (χ2v) is 3.64. The Hall–Kier alpha value is 0.890. The van der Waals surface area contributed by atoms with Gasteiger partial charge in [0.2, 0.25) is 0 Å². The summed E-state index contributed by atoms with van der Waals surface area (Å²) < 4.78 is 5.08. The molecule has 0 radical (unpaired) electrons. The first-order chi connectivity index (χ1) is 5.75. The predicted molar refractivity (Wildman–Crippen MR) is 70.5 cm³/mol. The first kappa shape index (κ1) is 16.3. The molecule has 0 aromatic carbocycles. The van der Waals surface area contributed by atoms with E-state index in [1.165, 1.54) is 7.11 Å². The summed E-state index contributed by atoms with van der Waals surface area (Å²) in [7, 11) is 1.52. The van der Waals surface area contributed by atoms with Crippen molar-refractivity contribution in [3.8, 4) is 0 Å². The quantitative estimate of drug-likeness (QED) is 0.722. The Morgan fingerprint density at radius 2 is 1.54 bits per heavy atom. The zero-order valence-electron chi connectivity index (χ0n) is 8.52. The summed E-state index contributed by atoms with van der Waals surface area (Å²) in [5, 5.41) is 8.83. The van der Waals surface area contributed by atoms with Gasteiger partial charge in [-0.25, -0.2) is 0 Å². The molecule has 0 amide bonds. The molecule has 0 aromatic heterocycles. The molecule has 0 heterocycles. The molecule has 0 aromatic rings. The van der Waals surface area contributed by atoms with Crippen LogP contribution in [0.3, 0.4) is 0 Å². The SMILES string of the molecule is COC(C)(C)C(C)(C)C(=O)O.II. The molecular weight excluding hydrogens is 398 g/mol. The molecule has 0 rings (SSSR count). The number of aliphatic carboxylic acids is 1. The van der Waals surface area contributed by atoms with E-state index < -0.39 is 17.0 Å². The third-order valence-corrected chi connectivity index (χ3v) is 2.55.